The van der Waals surface area contributed by atoms with Crippen molar-refractivity contribution in [1.82, 2.24) is 15.5 Å². The molecule has 7 heteroatoms. The van der Waals surface area contributed by atoms with E-state index in [-0.39, 0.29) is 5.89 Å². The maximum absolute atomic E-state index is 11.7. The van der Waals surface area contributed by atoms with E-state index in [1.54, 1.807) is 33.3 Å². The summed E-state index contributed by atoms with van der Waals surface area (Å²) >= 11 is 0. The maximum Gasteiger partial charge on any atom is 0.309 e. The Labute approximate surface area is 115 Å². The summed E-state index contributed by atoms with van der Waals surface area (Å²) in [6.07, 6.45) is 0. The Balaban J connectivity index is 2.02. The van der Waals surface area contributed by atoms with Gasteiger partial charge < -0.3 is 19.2 Å². The Hall–Kier alpha value is -2.57. The van der Waals surface area contributed by atoms with E-state index in [0.717, 1.165) is 5.56 Å². The Morgan fingerprint density at radius 1 is 1.25 bits per heavy atom. The number of benzene rings is 1. The number of amides is 1. The lowest BCUT2D eigenvalue weighted by atomic mass is 10.2. The molecule has 2 aromatic rings. The summed E-state index contributed by atoms with van der Waals surface area (Å²) in [7, 11) is 3.12. The molecule has 0 saturated heterocycles. The number of aryl methyl sites for hydroxylation is 1. The molecule has 0 fully saturated rings. The number of methoxy groups -OCH3 is 2. The maximum atomic E-state index is 11.7. The Morgan fingerprint density at radius 3 is 2.60 bits per heavy atom. The second-order valence-corrected chi connectivity index (χ2v) is 4.00. The minimum absolute atomic E-state index is 0.0528. The summed E-state index contributed by atoms with van der Waals surface area (Å²) in [5.74, 6) is 1.12. The fourth-order valence-corrected chi connectivity index (χ4v) is 1.64. The van der Waals surface area contributed by atoms with Gasteiger partial charge in [0, 0.05) is 13.5 Å². The predicted molar refractivity (Wildman–Crippen MR) is 69.8 cm³/mol. The fraction of sp³-hybridized carbons (Fsp3) is 0.308. The zero-order valence-corrected chi connectivity index (χ0v) is 11.5. The SMILES string of the molecule is COc1ccc(CNC(=O)c2nnc(C)o2)cc1OC. The summed E-state index contributed by atoms with van der Waals surface area (Å²) in [4.78, 5) is 11.7. The lowest BCUT2D eigenvalue weighted by Crippen LogP contribution is -2.23. The van der Waals surface area contributed by atoms with Crippen LogP contribution in [-0.4, -0.2) is 30.3 Å². The molecule has 1 N–H and O–H groups in total. The molecule has 20 heavy (non-hydrogen) atoms. The number of nitrogens with one attached hydrogen (secondary N) is 1. The van der Waals surface area contributed by atoms with Crippen molar-refractivity contribution in [1.29, 1.82) is 0 Å². The molecule has 1 amide bonds. The summed E-state index contributed by atoms with van der Waals surface area (Å²) in [6, 6.07) is 5.40. The van der Waals surface area contributed by atoms with Gasteiger partial charge in [-0.2, -0.15) is 0 Å². The molecule has 0 aliphatic heterocycles. The molecule has 0 radical (unpaired) electrons. The van der Waals surface area contributed by atoms with Crippen LogP contribution < -0.4 is 14.8 Å². The number of rotatable bonds is 5. The van der Waals surface area contributed by atoms with Crippen LogP contribution in [0.4, 0.5) is 0 Å². The van der Waals surface area contributed by atoms with Crippen LogP contribution in [0.15, 0.2) is 22.6 Å². The highest BCUT2D eigenvalue weighted by Crippen LogP contribution is 2.27. The number of hydrogen-bond acceptors (Lipinski definition) is 6. The highest BCUT2D eigenvalue weighted by atomic mass is 16.5. The quantitative estimate of drug-likeness (QED) is 0.887. The number of aromatic nitrogens is 2. The van der Waals surface area contributed by atoms with Gasteiger partial charge in [0.05, 0.1) is 14.2 Å². The Morgan fingerprint density at radius 2 is 2.00 bits per heavy atom. The molecule has 0 spiro atoms. The zero-order chi connectivity index (χ0) is 14.5. The molecule has 0 saturated carbocycles. The third-order valence-electron chi connectivity index (χ3n) is 2.62. The van der Waals surface area contributed by atoms with Crippen LogP contribution in [0.25, 0.3) is 0 Å². The monoisotopic (exact) mass is 277 g/mol. The molecule has 0 bridgehead atoms. The molecule has 0 atom stereocenters. The molecule has 1 aromatic carbocycles. The van der Waals surface area contributed by atoms with Crippen LogP contribution in [0.5, 0.6) is 11.5 Å². The molecule has 7 nitrogen and oxygen atoms in total. The summed E-state index contributed by atoms with van der Waals surface area (Å²) < 4.78 is 15.4. The third kappa shape index (κ3) is 3.05. The number of ether oxygens (including phenoxy) is 2. The van der Waals surface area contributed by atoms with Gasteiger partial charge in [0.2, 0.25) is 5.89 Å². The van der Waals surface area contributed by atoms with E-state index in [0.29, 0.717) is 23.9 Å². The molecule has 106 valence electrons. The molecular weight excluding hydrogens is 262 g/mol. The predicted octanol–water partition coefficient (Wildman–Crippen LogP) is 1.33. The van der Waals surface area contributed by atoms with Crippen molar-refractivity contribution in [3.63, 3.8) is 0 Å². The fourth-order valence-electron chi connectivity index (χ4n) is 1.64. The molecule has 1 aromatic heterocycles. The lowest BCUT2D eigenvalue weighted by Gasteiger charge is -2.09. The number of hydrogen-bond donors (Lipinski definition) is 1. The van der Waals surface area contributed by atoms with E-state index in [1.165, 1.54) is 0 Å². The van der Waals surface area contributed by atoms with Gasteiger partial charge in [0.15, 0.2) is 11.5 Å². The van der Waals surface area contributed by atoms with Gasteiger partial charge in [-0.25, -0.2) is 0 Å². The van der Waals surface area contributed by atoms with Gasteiger partial charge in [0.1, 0.15) is 0 Å². The standard InChI is InChI=1S/C13H15N3O4/c1-8-15-16-13(20-8)12(17)14-7-9-4-5-10(18-2)11(6-9)19-3/h4-6H,7H2,1-3H3,(H,14,17). The first-order valence-corrected chi connectivity index (χ1v) is 5.93. The van der Waals surface area contributed by atoms with Crippen molar-refractivity contribution in [2.24, 2.45) is 0 Å². The van der Waals surface area contributed by atoms with Crippen LogP contribution in [0.2, 0.25) is 0 Å². The van der Waals surface area contributed by atoms with Crippen molar-refractivity contribution in [3.8, 4) is 11.5 Å². The Kier molecular flexibility index (Phi) is 4.19. The lowest BCUT2D eigenvalue weighted by molar-refractivity contribution is 0.0914. The first-order valence-electron chi connectivity index (χ1n) is 5.93. The summed E-state index contributed by atoms with van der Waals surface area (Å²) in [5, 5.41) is 9.93. The smallest absolute Gasteiger partial charge is 0.309 e. The van der Waals surface area contributed by atoms with E-state index >= 15 is 0 Å². The first-order chi connectivity index (χ1) is 9.63. The van der Waals surface area contributed by atoms with Gasteiger partial charge in [-0.3, -0.25) is 4.79 Å². The molecule has 0 aliphatic carbocycles. The van der Waals surface area contributed by atoms with E-state index in [4.69, 9.17) is 13.9 Å². The van der Waals surface area contributed by atoms with Crippen molar-refractivity contribution in [2.75, 3.05) is 14.2 Å². The topological polar surface area (TPSA) is 86.5 Å². The highest BCUT2D eigenvalue weighted by molar-refractivity contribution is 5.89. The normalized spacial score (nSPS) is 10.2. The van der Waals surface area contributed by atoms with Crippen molar-refractivity contribution in [3.05, 3.63) is 35.5 Å². The van der Waals surface area contributed by atoms with Crippen LogP contribution in [-0.2, 0) is 6.54 Å². The average molecular weight is 277 g/mol. The van der Waals surface area contributed by atoms with Gasteiger partial charge in [0.25, 0.3) is 0 Å². The van der Waals surface area contributed by atoms with E-state index < -0.39 is 5.91 Å². The van der Waals surface area contributed by atoms with Gasteiger partial charge in [-0.1, -0.05) is 6.07 Å². The van der Waals surface area contributed by atoms with Crippen LogP contribution in [0.1, 0.15) is 22.1 Å². The van der Waals surface area contributed by atoms with E-state index in [9.17, 15) is 4.79 Å². The molecule has 0 aliphatic rings. The Bertz CT molecular complexity index is 609. The van der Waals surface area contributed by atoms with Crippen molar-refractivity contribution in [2.45, 2.75) is 13.5 Å². The largest absolute Gasteiger partial charge is 0.493 e. The summed E-state index contributed by atoms with van der Waals surface area (Å²) in [5.41, 5.74) is 0.868. The molecule has 1 heterocycles. The minimum atomic E-state index is -0.416. The average Bonchev–Trinajstić information content (AvgIpc) is 2.91. The molecule has 0 unspecified atom stereocenters. The zero-order valence-electron chi connectivity index (χ0n) is 11.5. The first kappa shape index (κ1) is 13.9. The summed E-state index contributed by atoms with van der Waals surface area (Å²) in [6.45, 7) is 1.94. The number of carbonyl (C=O) groups excluding carboxylic acids is 1. The second-order valence-electron chi connectivity index (χ2n) is 4.00. The van der Waals surface area contributed by atoms with Gasteiger partial charge in [-0.05, 0) is 17.7 Å². The van der Waals surface area contributed by atoms with Crippen LogP contribution in [0, 0.1) is 6.92 Å². The van der Waals surface area contributed by atoms with Gasteiger partial charge in [-0.15, -0.1) is 10.2 Å². The van der Waals surface area contributed by atoms with Crippen molar-refractivity contribution < 1.29 is 18.7 Å². The third-order valence-corrected chi connectivity index (χ3v) is 2.62. The van der Waals surface area contributed by atoms with Crippen LogP contribution >= 0.6 is 0 Å². The molecular formula is C13H15N3O4. The number of carbonyl (C=O) groups is 1. The van der Waals surface area contributed by atoms with E-state index in [2.05, 4.69) is 15.5 Å². The second kappa shape index (κ2) is 6.05. The highest BCUT2D eigenvalue weighted by Gasteiger charge is 2.13. The minimum Gasteiger partial charge on any atom is -0.493 e. The van der Waals surface area contributed by atoms with Crippen molar-refractivity contribution >= 4 is 5.91 Å². The van der Waals surface area contributed by atoms with E-state index in [1.807, 2.05) is 6.07 Å². The van der Waals surface area contributed by atoms with Crippen LogP contribution in [0.3, 0.4) is 0 Å². The number of nitrogens with zero attached hydrogens (tertiary/aromatic N) is 2. The van der Waals surface area contributed by atoms with Gasteiger partial charge >= 0.3 is 11.8 Å². The molecule has 2 rings (SSSR count).